The standard InChI is InChI=1S/C18H34N4O/c1-2-22(16-6-4-3-5-7-16)18(23)15-20-11-8-17(14-20)21-12-9-19-10-13-21/h16-17,19H,2-15H2,1H3. The fourth-order valence-electron chi connectivity index (χ4n) is 4.61. The first-order valence-corrected chi connectivity index (χ1v) is 9.74. The number of piperazine rings is 1. The van der Waals surface area contributed by atoms with Gasteiger partial charge in [0.15, 0.2) is 0 Å². The zero-order chi connectivity index (χ0) is 16.1. The van der Waals surface area contributed by atoms with Gasteiger partial charge in [-0.3, -0.25) is 14.6 Å². The van der Waals surface area contributed by atoms with Crippen molar-refractivity contribution in [2.24, 2.45) is 0 Å². The highest BCUT2D eigenvalue weighted by molar-refractivity contribution is 5.78. The lowest BCUT2D eigenvalue weighted by molar-refractivity contribution is -0.135. The zero-order valence-corrected chi connectivity index (χ0v) is 14.8. The van der Waals surface area contributed by atoms with E-state index in [2.05, 4.69) is 26.9 Å². The highest BCUT2D eigenvalue weighted by atomic mass is 16.2. The Hall–Kier alpha value is -0.650. The molecule has 1 unspecified atom stereocenters. The number of likely N-dealkylation sites (tertiary alicyclic amines) is 1. The summed E-state index contributed by atoms with van der Waals surface area (Å²) in [6, 6.07) is 1.17. The average Bonchev–Trinajstić information content (AvgIpc) is 3.06. The molecule has 0 bridgehead atoms. The van der Waals surface area contributed by atoms with E-state index in [9.17, 15) is 4.79 Å². The van der Waals surface area contributed by atoms with Crippen LogP contribution in [0.15, 0.2) is 0 Å². The van der Waals surface area contributed by atoms with Crippen LogP contribution in [0.1, 0.15) is 45.4 Å². The van der Waals surface area contributed by atoms with Gasteiger partial charge in [-0.25, -0.2) is 0 Å². The smallest absolute Gasteiger partial charge is 0.236 e. The molecule has 23 heavy (non-hydrogen) atoms. The monoisotopic (exact) mass is 322 g/mol. The molecular formula is C18H34N4O. The number of likely N-dealkylation sites (N-methyl/N-ethyl adjacent to an activating group) is 1. The molecule has 3 rings (SSSR count). The van der Waals surface area contributed by atoms with Crippen LogP contribution in [0.5, 0.6) is 0 Å². The van der Waals surface area contributed by atoms with Crippen molar-refractivity contribution in [3.05, 3.63) is 0 Å². The maximum absolute atomic E-state index is 12.8. The van der Waals surface area contributed by atoms with Crippen molar-refractivity contribution in [3.8, 4) is 0 Å². The van der Waals surface area contributed by atoms with E-state index in [0.29, 0.717) is 24.5 Å². The Bertz CT molecular complexity index is 377. The topological polar surface area (TPSA) is 38.8 Å². The molecule has 3 aliphatic rings. The largest absolute Gasteiger partial charge is 0.339 e. The molecule has 0 aromatic carbocycles. The van der Waals surface area contributed by atoms with E-state index in [1.165, 1.54) is 38.5 Å². The summed E-state index contributed by atoms with van der Waals surface area (Å²) in [7, 11) is 0. The first-order valence-electron chi connectivity index (χ1n) is 9.74. The van der Waals surface area contributed by atoms with E-state index >= 15 is 0 Å². The van der Waals surface area contributed by atoms with Gasteiger partial charge in [-0.15, -0.1) is 0 Å². The Morgan fingerprint density at radius 1 is 1.09 bits per heavy atom. The normalized spacial score (nSPS) is 28.1. The molecule has 132 valence electrons. The lowest BCUT2D eigenvalue weighted by Crippen LogP contribution is -2.50. The van der Waals surface area contributed by atoms with Crippen LogP contribution in [0.3, 0.4) is 0 Å². The van der Waals surface area contributed by atoms with Crippen LogP contribution >= 0.6 is 0 Å². The third-order valence-electron chi connectivity index (χ3n) is 5.95. The molecule has 1 amide bonds. The van der Waals surface area contributed by atoms with Gasteiger partial charge in [0, 0.05) is 57.9 Å². The fourth-order valence-corrected chi connectivity index (χ4v) is 4.61. The number of nitrogens with zero attached hydrogens (tertiary/aromatic N) is 3. The highest BCUT2D eigenvalue weighted by Gasteiger charge is 2.31. The molecular weight excluding hydrogens is 288 g/mol. The molecule has 0 aromatic rings. The Kier molecular flexibility index (Phi) is 6.31. The maximum Gasteiger partial charge on any atom is 0.236 e. The van der Waals surface area contributed by atoms with Crippen molar-refractivity contribution in [1.82, 2.24) is 20.0 Å². The second-order valence-electron chi connectivity index (χ2n) is 7.44. The fraction of sp³-hybridized carbons (Fsp3) is 0.944. The molecule has 5 nitrogen and oxygen atoms in total. The van der Waals surface area contributed by atoms with Crippen LogP contribution in [-0.2, 0) is 4.79 Å². The van der Waals surface area contributed by atoms with Gasteiger partial charge in [-0.2, -0.15) is 0 Å². The summed E-state index contributed by atoms with van der Waals surface area (Å²) in [4.78, 5) is 19.9. The van der Waals surface area contributed by atoms with Crippen molar-refractivity contribution in [1.29, 1.82) is 0 Å². The first kappa shape index (κ1) is 17.2. The van der Waals surface area contributed by atoms with Crippen LogP contribution < -0.4 is 5.32 Å². The molecule has 0 radical (unpaired) electrons. The van der Waals surface area contributed by atoms with Crippen LogP contribution in [0.4, 0.5) is 0 Å². The summed E-state index contributed by atoms with van der Waals surface area (Å²) in [5.74, 6) is 0.361. The molecule has 1 saturated carbocycles. The number of rotatable bonds is 5. The van der Waals surface area contributed by atoms with Gasteiger partial charge in [0.25, 0.3) is 0 Å². The van der Waals surface area contributed by atoms with Crippen LogP contribution in [-0.4, -0.2) is 85.0 Å². The van der Waals surface area contributed by atoms with Crippen LogP contribution in [0.2, 0.25) is 0 Å². The SMILES string of the molecule is CCN(C(=O)CN1CCC(N2CCNCC2)C1)C1CCCCC1. The molecule has 1 aliphatic carbocycles. The summed E-state index contributed by atoms with van der Waals surface area (Å²) in [6.07, 6.45) is 7.59. The maximum atomic E-state index is 12.8. The van der Waals surface area contributed by atoms with Gasteiger partial charge in [0.05, 0.1) is 6.54 Å². The van der Waals surface area contributed by atoms with Gasteiger partial charge in [-0.1, -0.05) is 19.3 Å². The Labute approximate surface area is 141 Å². The predicted octanol–water partition coefficient (Wildman–Crippen LogP) is 1.15. The van der Waals surface area contributed by atoms with Crippen molar-refractivity contribution < 1.29 is 4.79 Å². The van der Waals surface area contributed by atoms with E-state index in [4.69, 9.17) is 0 Å². The van der Waals surface area contributed by atoms with Gasteiger partial charge < -0.3 is 10.2 Å². The Balaban J connectivity index is 1.47. The molecule has 5 heteroatoms. The van der Waals surface area contributed by atoms with E-state index in [1.807, 2.05) is 0 Å². The molecule has 0 spiro atoms. The number of hydrogen-bond acceptors (Lipinski definition) is 4. The average molecular weight is 322 g/mol. The highest BCUT2D eigenvalue weighted by Crippen LogP contribution is 2.23. The minimum absolute atomic E-state index is 0.361. The zero-order valence-electron chi connectivity index (χ0n) is 14.8. The summed E-state index contributed by atoms with van der Waals surface area (Å²) in [5, 5.41) is 3.42. The second-order valence-corrected chi connectivity index (χ2v) is 7.44. The first-order chi connectivity index (χ1) is 11.3. The summed E-state index contributed by atoms with van der Waals surface area (Å²) >= 11 is 0. The van der Waals surface area contributed by atoms with Crippen LogP contribution in [0.25, 0.3) is 0 Å². The number of amides is 1. The second kappa shape index (κ2) is 8.45. The van der Waals surface area contributed by atoms with Crippen molar-refractivity contribution in [2.75, 3.05) is 52.4 Å². The molecule has 1 atom stereocenters. The van der Waals surface area contributed by atoms with E-state index < -0.39 is 0 Å². The number of nitrogens with one attached hydrogen (secondary N) is 1. The van der Waals surface area contributed by atoms with Gasteiger partial charge in [0.2, 0.25) is 5.91 Å². The van der Waals surface area contributed by atoms with E-state index in [0.717, 1.165) is 45.8 Å². The van der Waals surface area contributed by atoms with Gasteiger partial charge in [-0.05, 0) is 26.2 Å². The number of carbonyl (C=O) groups is 1. The predicted molar refractivity (Wildman–Crippen MR) is 93.5 cm³/mol. The van der Waals surface area contributed by atoms with Crippen LogP contribution in [0, 0.1) is 0 Å². The van der Waals surface area contributed by atoms with Crippen molar-refractivity contribution >= 4 is 5.91 Å². The third-order valence-corrected chi connectivity index (χ3v) is 5.95. The molecule has 2 heterocycles. The lowest BCUT2D eigenvalue weighted by Gasteiger charge is -2.35. The lowest BCUT2D eigenvalue weighted by atomic mass is 9.94. The minimum Gasteiger partial charge on any atom is -0.339 e. The quantitative estimate of drug-likeness (QED) is 0.824. The van der Waals surface area contributed by atoms with Gasteiger partial charge >= 0.3 is 0 Å². The molecule has 2 saturated heterocycles. The molecule has 2 aliphatic heterocycles. The minimum atomic E-state index is 0.361. The Morgan fingerprint density at radius 3 is 2.52 bits per heavy atom. The number of hydrogen-bond donors (Lipinski definition) is 1. The molecule has 1 N–H and O–H groups in total. The van der Waals surface area contributed by atoms with E-state index in [-0.39, 0.29) is 0 Å². The van der Waals surface area contributed by atoms with E-state index in [1.54, 1.807) is 0 Å². The molecule has 3 fully saturated rings. The van der Waals surface area contributed by atoms with Crippen molar-refractivity contribution in [3.63, 3.8) is 0 Å². The summed E-state index contributed by atoms with van der Waals surface area (Å²) < 4.78 is 0. The molecule has 0 aromatic heterocycles. The van der Waals surface area contributed by atoms with Gasteiger partial charge in [0.1, 0.15) is 0 Å². The third kappa shape index (κ3) is 4.46. The van der Waals surface area contributed by atoms with Crippen molar-refractivity contribution in [2.45, 2.75) is 57.5 Å². The summed E-state index contributed by atoms with van der Waals surface area (Å²) in [5.41, 5.74) is 0. The number of carbonyl (C=O) groups excluding carboxylic acids is 1. The Morgan fingerprint density at radius 2 is 1.83 bits per heavy atom. The summed E-state index contributed by atoms with van der Waals surface area (Å²) in [6.45, 7) is 10.4.